The second-order valence-electron chi connectivity index (χ2n) is 7.57. The molecule has 3 aliphatic rings. The van der Waals surface area contributed by atoms with Crippen LogP contribution in [0, 0.1) is 5.92 Å². The fourth-order valence-electron chi connectivity index (χ4n) is 3.68. The molecule has 130 valence electrons. The SMILES string of the molecule is CC(C)CC(=O)N1CC2(CC(OCC(=O)N3CCCC3)CS2)C1. The Balaban J connectivity index is 1.38. The lowest BCUT2D eigenvalue weighted by Gasteiger charge is -2.47. The number of ether oxygens (including phenoxy) is 1. The van der Waals surface area contributed by atoms with Crippen molar-refractivity contribution in [1.29, 1.82) is 0 Å². The highest BCUT2D eigenvalue weighted by atomic mass is 32.2. The molecule has 3 fully saturated rings. The fourth-order valence-corrected chi connectivity index (χ4v) is 5.23. The van der Waals surface area contributed by atoms with Crippen LogP contribution in [0.4, 0.5) is 0 Å². The first-order valence-corrected chi connectivity index (χ1v) is 9.77. The lowest BCUT2D eigenvalue weighted by atomic mass is 9.92. The van der Waals surface area contributed by atoms with Crippen LogP contribution in [-0.4, -0.2) is 71.0 Å². The normalized spacial score (nSPS) is 26.1. The molecule has 3 saturated heterocycles. The number of hydrogen-bond acceptors (Lipinski definition) is 4. The van der Waals surface area contributed by atoms with Crippen molar-refractivity contribution < 1.29 is 14.3 Å². The van der Waals surface area contributed by atoms with E-state index in [0.29, 0.717) is 12.3 Å². The Morgan fingerprint density at radius 3 is 2.52 bits per heavy atom. The summed E-state index contributed by atoms with van der Waals surface area (Å²) in [7, 11) is 0. The zero-order valence-electron chi connectivity index (χ0n) is 14.3. The Hall–Kier alpha value is -0.750. The number of amides is 2. The van der Waals surface area contributed by atoms with Crippen molar-refractivity contribution in [2.24, 2.45) is 5.92 Å². The maximum atomic E-state index is 12.1. The number of carbonyl (C=O) groups is 2. The number of nitrogens with zero attached hydrogens (tertiary/aromatic N) is 2. The Morgan fingerprint density at radius 1 is 1.17 bits per heavy atom. The van der Waals surface area contributed by atoms with Gasteiger partial charge >= 0.3 is 0 Å². The lowest BCUT2D eigenvalue weighted by Crippen LogP contribution is -2.60. The van der Waals surface area contributed by atoms with Crippen LogP contribution in [0.5, 0.6) is 0 Å². The smallest absolute Gasteiger partial charge is 0.248 e. The molecule has 0 aromatic heterocycles. The van der Waals surface area contributed by atoms with Crippen molar-refractivity contribution in [1.82, 2.24) is 9.80 Å². The van der Waals surface area contributed by atoms with E-state index in [4.69, 9.17) is 4.74 Å². The molecular weight excluding hydrogens is 312 g/mol. The van der Waals surface area contributed by atoms with E-state index in [1.807, 2.05) is 21.6 Å². The van der Waals surface area contributed by atoms with Crippen LogP contribution in [-0.2, 0) is 14.3 Å². The molecule has 0 aromatic rings. The molecule has 3 rings (SSSR count). The van der Waals surface area contributed by atoms with Gasteiger partial charge in [-0.2, -0.15) is 0 Å². The molecule has 1 spiro atoms. The van der Waals surface area contributed by atoms with Crippen molar-refractivity contribution in [2.45, 2.75) is 50.4 Å². The molecule has 5 nitrogen and oxygen atoms in total. The molecule has 6 heteroatoms. The molecule has 3 aliphatic heterocycles. The Labute approximate surface area is 143 Å². The summed E-state index contributed by atoms with van der Waals surface area (Å²) in [5.41, 5.74) is 0. The van der Waals surface area contributed by atoms with Crippen LogP contribution in [0.15, 0.2) is 0 Å². The molecule has 0 aliphatic carbocycles. The Bertz CT molecular complexity index is 457. The van der Waals surface area contributed by atoms with Crippen LogP contribution >= 0.6 is 11.8 Å². The highest BCUT2D eigenvalue weighted by molar-refractivity contribution is 8.01. The summed E-state index contributed by atoms with van der Waals surface area (Å²) in [5.74, 6) is 1.78. The van der Waals surface area contributed by atoms with E-state index in [0.717, 1.165) is 51.2 Å². The molecule has 0 bridgehead atoms. The van der Waals surface area contributed by atoms with Crippen molar-refractivity contribution in [2.75, 3.05) is 38.5 Å². The van der Waals surface area contributed by atoms with Crippen molar-refractivity contribution in [3.8, 4) is 0 Å². The molecule has 0 N–H and O–H groups in total. The van der Waals surface area contributed by atoms with Gasteiger partial charge in [-0.25, -0.2) is 0 Å². The predicted molar refractivity (Wildman–Crippen MR) is 91.4 cm³/mol. The number of hydrogen-bond donors (Lipinski definition) is 0. The first-order chi connectivity index (χ1) is 11.0. The zero-order chi connectivity index (χ0) is 16.4. The van der Waals surface area contributed by atoms with Crippen molar-refractivity contribution >= 4 is 23.6 Å². The van der Waals surface area contributed by atoms with Crippen LogP contribution < -0.4 is 0 Å². The van der Waals surface area contributed by atoms with Gasteiger partial charge in [0.15, 0.2) is 0 Å². The van der Waals surface area contributed by atoms with Crippen molar-refractivity contribution in [3.05, 3.63) is 0 Å². The minimum Gasteiger partial charge on any atom is -0.367 e. The lowest BCUT2D eigenvalue weighted by molar-refractivity contribution is -0.138. The van der Waals surface area contributed by atoms with Crippen LogP contribution in [0.25, 0.3) is 0 Å². The molecule has 3 heterocycles. The first-order valence-electron chi connectivity index (χ1n) is 8.78. The summed E-state index contributed by atoms with van der Waals surface area (Å²) in [6.07, 6.45) is 4.01. The average Bonchev–Trinajstić information content (AvgIpc) is 3.11. The summed E-state index contributed by atoms with van der Waals surface area (Å²) in [5, 5.41) is 0. The molecule has 0 radical (unpaired) electrons. The largest absolute Gasteiger partial charge is 0.367 e. The van der Waals surface area contributed by atoms with E-state index < -0.39 is 0 Å². The Kier molecular flexibility index (Phi) is 5.21. The third-order valence-electron chi connectivity index (χ3n) is 4.97. The van der Waals surface area contributed by atoms with Crippen LogP contribution in [0.2, 0.25) is 0 Å². The highest BCUT2D eigenvalue weighted by Gasteiger charge is 2.50. The van der Waals surface area contributed by atoms with Crippen molar-refractivity contribution in [3.63, 3.8) is 0 Å². The maximum absolute atomic E-state index is 12.1. The summed E-state index contributed by atoms with van der Waals surface area (Å²) in [6, 6.07) is 0. The van der Waals surface area contributed by atoms with E-state index in [9.17, 15) is 9.59 Å². The zero-order valence-corrected chi connectivity index (χ0v) is 15.1. The number of thioether (sulfide) groups is 1. The van der Waals surface area contributed by atoms with Gasteiger partial charge in [0.05, 0.1) is 10.9 Å². The van der Waals surface area contributed by atoms with Gasteiger partial charge < -0.3 is 14.5 Å². The molecule has 1 atom stereocenters. The second-order valence-corrected chi connectivity index (χ2v) is 9.05. The molecular formula is C17H28N2O3S. The van der Waals surface area contributed by atoms with Crippen LogP contribution in [0.1, 0.15) is 39.5 Å². The highest BCUT2D eigenvalue weighted by Crippen LogP contribution is 2.46. The minimum absolute atomic E-state index is 0.135. The van der Waals surface area contributed by atoms with Gasteiger partial charge in [-0.3, -0.25) is 9.59 Å². The van der Waals surface area contributed by atoms with E-state index in [1.165, 1.54) is 0 Å². The first kappa shape index (κ1) is 17.1. The Morgan fingerprint density at radius 2 is 1.87 bits per heavy atom. The van der Waals surface area contributed by atoms with E-state index in [2.05, 4.69) is 13.8 Å². The maximum Gasteiger partial charge on any atom is 0.248 e. The van der Waals surface area contributed by atoms with Gasteiger partial charge in [-0.15, -0.1) is 11.8 Å². The minimum atomic E-state index is 0.135. The van der Waals surface area contributed by atoms with Gasteiger partial charge in [0.1, 0.15) is 6.61 Å². The van der Waals surface area contributed by atoms with E-state index in [-0.39, 0.29) is 29.3 Å². The molecule has 0 aromatic carbocycles. The van der Waals surface area contributed by atoms with Gasteiger partial charge in [0.2, 0.25) is 11.8 Å². The molecule has 0 saturated carbocycles. The summed E-state index contributed by atoms with van der Waals surface area (Å²) >= 11 is 1.92. The second kappa shape index (κ2) is 7.01. The van der Waals surface area contributed by atoms with Gasteiger partial charge in [-0.05, 0) is 25.2 Å². The molecule has 1 unspecified atom stereocenters. The monoisotopic (exact) mass is 340 g/mol. The van der Waals surface area contributed by atoms with E-state index in [1.54, 1.807) is 0 Å². The van der Waals surface area contributed by atoms with Gasteiger partial charge in [-0.1, -0.05) is 13.8 Å². The molecule has 2 amide bonds. The summed E-state index contributed by atoms with van der Waals surface area (Å²) in [4.78, 5) is 28.0. The third kappa shape index (κ3) is 4.02. The van der Waals surface area contributed by atoms with E-state index >= 15 is 0 Å². The average molecular weight is 340 g/mol. The number of carbonyl (C=O) groups excluding carboxylic acids is 2. The van der Waals surface area contributed by atoms with Gasteiger partial charge in [0, 0.05) is 38.4 Å². The predicted octanol–water partition coefficient (Wildman–Crippen LogP) is 1.76. The van der Waals surface area contributed by atoms with Gasteiger partial charge in [0.25, 0.3) is 0 Å². The number of likely N-dealkylation sites (tertiary alicyclic amines) is 2. The fraction of sp³-hybridized carbons (Fsp3) is 0.882. The quantitative estimate of drug-likeness (QED) is 0.765. The third-order valence-corrected chi connectivity index (χ3v) is 6.55. The topological polar surface area (TPSA) is 49.9 Å². The molecule has 23 heavy (non-hydrogen) atoms. The summed E-state index contributed by atoms with van der Waals surface area (Å²) in [6.45, 7) is 7.86. The number of rotatable bonds is 5. The van der Waals surface area contributed by atoms with Crippen LogP contribution in [0.3, 0.4) is 0 Å². The standard InChI is InChI=1S/C17H28N2O3S/c1-13(2)7-15(20)19-11-17(12-19)8-14(10-23-17)22-9-16(21)18-5-3-4-6-18/h13-14H,3-12H2,1-2H3. The summed E-state index contributed by atoms with van der Waals surface area (Å²) < 4.78 is 6.04.